The highest BCUT2D eigenvalue weighted by atomic mass is 16.5. The standard InChI is InChI=1S/C19H26N4O2/c1-4-18(16-8-6-5-7-9-16)22-11-10-17(12-22)23(15(3)24)13-19-20-14(2)25-21-19/h5-9,17-18H,4,10-13H2,1-3H3/t17-,18+/m1/s1. The molecule has 0 radical (unpaired) electrons. The molecule has 0 saturated carbocycles. The summed E-state index contributed by atoms with van der Waals surface area (Å²) in [7, 11) is 0. The van der Waals surface area contributed by atoms with Gasteiger partial charge in [0, 0.05) is 39.0 Å². The highest BCUT2D eigenvalue weighted by Crippen LogP contribution is 2.29. The van der Waals surface area contributed by atoms with Crippen LogP contribution in [0.3, 0.4) is 0 Å². The summed E-state index contributed by atoms with van der Waals surface area (Å²) < 4.78 is 5.03. The molecule has 1 aliphatic heterocycles. The molecule has 0 bridgehead atoms. The Labute approximate surface area is 148 Å². The average Bonchev–Trinajstić information content (AvgIpc) is 3.23. The smallest absolute Gasteiger partial charge is 0.223 e. The third kappa shape index (κ3) is 4.07. The van der Waals surface area contributed by atoms with E-state index in [9.17, 15) is 4.79 Å². The predicted octanol–water partition coefficient (Wildman–Crippen LogP) is 2.95. The van der Waals surface area contributed by atoms with Crippen LogP contribution >= 0.6 is 0 Å². The fraction of sp³-hybridized carbons (Fsp3) is 0.526. The van der Waals surface area contributed by atoms with E-state index in [1.165, 1.54) is 5.56 Å². The first-order valence-electron chi connectivity index (χ1n) is 8.94. The Hall–Kier alpha value is -2.21. The summed E-state index contributed by atoms with van der Waals surface area (Å²) in [4.78, 5) is 20.8. The summed E-state index contributed by atoms with van der Waals surface area (Å²) >= 11 is 0. The van der Waals surface area contributed by atoms with E-state index in [1.807, 2.05) is 11.0 Å². The van der Waals surface area contributed by atoms with Gasteiger partial charge in [-0.3, -0.25) is 9.69 Å². The van der Waals surface area contributed by atoms with Crippen LogP contribution < -0.4 is 0 Å². The molecule has 134 valence electrons. The van der Waals surface area contributed by atoms with Gasteiger partial charge in [-0.05, 0) is 18.4 Å². The van der Waals surface area contributed by atoms with E-state index in [0.717, 1.165) is 25.9 Å². The molecule has 1 aliphatic rings. The number of carbonyl (C=O) groups is 1. The van der Waals surface area contributed by atoms with Crippen LogP contribution in [0.25, 0.3) is 0 Å². The van der Waals surface area contributed by atoms with Gasteiger partial charge in [0.2, 0.25) is 11.8 Å². The van der Waals surface area contributed by atoms with Crippen molar-refractivity contribution < 1.29 is 9.32 Å². The van der Waals surface area contributed by atoms with Crippen LogP contribution in [0.1, 0.15) is 50.0 Å². The largest absolute Gasteiger partial charge is 0.340 e. The van der Waals surface area contributed by atoms with E-state index in [-0.39, 0.29) is 11.9 Å². The Bertz CT molecular complexity index is 700. The lowest BCUT2D eigenvalue weighted by Crippen LogP contribution is -2.41. The van der Waals surface area contributed by atoms with E-state index < -0.39 is 0 Å². The molecule has 1 aromatic heterocycles. The molecule has 1 fully saturated rings. The summed E-state index contributed by atoms with van der Waals surface area (Å²) in [5.74, 6) is 1.16. The zero-order chi connectivity index (χ0) is 17.8. The minimum Gasteiger partial charge on any atom is -0.340 e. The Morgan fingerprint density at radius 2 is 2.16 bits per heavy atom. The van der Waals surface area contributed by atoms with Gasteiger partial charge in [-0.1, -0.05) is 42.4 Å². The molecular weight excluding hydrogens is 316 g/mol. The number of benzene rings is 1. The van der Waals surface area contributed by atoms with Gasteiger partial charge in [0.05, 0.1) is 6.54 Å². The van der Waals surface area contributed by atoms with Crippen molar-refractivity contribution in [1.29, 1.82) is 0 Å². The molecule has 1 saturated heterocycles. The van der Waals surface area contributed by atoms with Gasteiger partial charge in [-0.15, -0.1) is 0 Å². The van der Waals surface area contributed by atoms with Gasteiger partial charge in [0.25, 0.3) is 0 Å². The number of hydrogen-bond acceptors (Lipinski definition) is 5. The number of aromatic nitrogens is 2. The lowest BCUT2D eigenvalue weighted by Gasteiger charge is -2.30. The third-order valence-electron chi connectivity index (χ3n) is 4.93. The maximum Gasteiger partial charge on any atom is 0.223 e. The number of rotatable bonds is 6. The van der Waals surface area contributed by atoms with Gasteiger partial charge < -0.3 is 9.42 Å². The highest BCUT2D eigenvalue weighted by Gasteiger charge is 2.33. The first-order chi connectivity index (χ1) is 12.1. The fourth-order valence-corrected chi connectivity index (χ4v) is 3.74. The quantitative estimate of drug-likeness (QED) is 0.808. The van der Waals surface area contributed by atoms with Gasteiger partial charge in [0.15, 0.2) is 5.82 Å². The maximum atomic E-state index is 12.2. The van der Waals surface area contributed by atoms with Crippen molar-refractivity contribution in [2.75, 3.05) is 13.1 Å². The highest BCUT2D eigenvalue weighted by molar-refractivity contribution is 5.73. The second kappa shape index (κ2) is 7.78. The monoisotopic (exact) mass is 342 g/mol. The lowest BCUT2D eigenvalue weighted by molar-refractivity contribution is -0.131. The summed E-state index contributed by atoms with van der Waals surface area (Å²) in [6, 6.07) is 11.2. The molecule has 3 rings (SSSR count). The Kier molecular flexibility index (Phi) is 5.48. The molecule has 2 atom stereocenters. The summed E-state index contributed by atoms with van der Waals surface area (Å²) in [5, 5.41) is 3.93. The SMILES string of the molecule is CC[C@@H](c1ccccc1)N1CC[C@@H](N(Cc2noc(C)n2)C(C)=O)C1. The molecule has 25 heavy (non-hydrogen) atoms. The first-order valence-corrected chi connectivity index (χ1v) is 8.94. The zero-order valence-electron chi connectivity index (χ0n) is 15.2. The molecule has 0 spiro atoms. The van der Waals surface area contributed by atoms with Crippen LogP contribution in [-0.2, 0) is 11.3 Å². The van der Waals surface area contributed by atoms with E-state index in [2.05, 4.69) is 46.2 Å². The summed E-state index contributed by atoms with van der Waals surface area (Å²) in [5.41, 5.74) is 1.34. The topological polar surface area (TPSA) is 62.5 Å². The Morgan fingerprint density at radius 1 is 1.40 bits per heavy atom. The Morgan fingerprint density at radius 3 is 2.76 bits per heavy atom. The second-order valence-corrected chi connectivity index (χ2v) is 6.65. The second-order valence-electron chi connectivity index (χ2n) is 6.65. The Balaban J connectivity index is 1.70. The summed E-state index contributed by atoms with van der Waals surface area (Å²) in [6.45, 7) is 7.88. The van der Waals surface area contributed by atoms with Crippen molar-refractivity contribution >= 4 is 5.91 Å². The number of likely N-dealkylation sites (tertiary alicyclic amines) is 1. The first kappa shape index (κ1) is 17.6. The van der Waals surface area contributed by atoms with Gasteiger partial charge in [-0.25, -0.2) is 0 Å². The van der Waals surface area contributed by atoms with Crippen molar-refractivity contribution in [2.24, 2.45) is 0 Å². The number of carbonyl (C=O) groups excluding carboxylic acids is 1. The summed E-state index contributed by atoms with van der Waals surface area (Å²) in [6.07, 6.45) is 2.03. The van der Waals surface area contributed by atoms with Crippen LogP contribution in [0.15, 0.2) is 34.9 Å². The molecule has 2 aromatic rings. The maximum absolute atomic E-state index is 12.2. The van der Waals surface area contributed by atoms with Gasteiger partial charge in [0.1, 0.15) is 0 Å². The van der Waals surface area contributed by atoms with Crippen LogP contribution in [0.5, 0.6) is 0 Å². The van der Waals surface area contributed by atoms with Crippen LogP contribution in [0.4, 0.5) is 0 Å². The van der Waals surface area contributed by atoms with Gasteiger partial charge in [-0.2, -0.15) is 4.98 Å². The van der Waals surface area contributed by atoms with Crippen LogP contribution in [0.2, 0.25) is 0 Å². The zero-order valence-corrected chi connectivity index (χ0v) is 15.2. The molecular formula is C19H26N4O2. The van der Waals surface area contributed by atoms with E-state index >= 15 is 0 Å². The molecule has 6 nitrogen and oxygen atoms in total. The van der Waals surface area contributed by atoms with E-state index in [1.54, 1.807) is 13.8 Å². The lowest BCUT2D eigenvalue weighted by atomic mass is 10.0. The number of nitrogens with zero attached hydrogens (tertiary/aromatic N) is 4. The van der Waals surface area contributed by atoms with Crippen LogP contribution in [-0.4, -0.2) is 45.0 Å². The number of aryl methyl sites for hydroxylation is 1. The minimum absolute atomic E-state index is 0.0575. The van der Waals surface area contributed by atoms with Crippen molar-refractivity contribution in [1.82, 2.24) is 19.9 Å². The van der Waals surface area contributed by atoms with E-state index in [0.29, 0.717) is 24.3 Å². The molecule has 2 heterocycles. The molecule has 0 unspecified atom stereocenters. The van der Waals surface area contributed by atoms with Gasteiger partial charge >= 0.3 is 0 Å². The molecule has 6 heteroatoms. The van der Waals surface area contributed by atoms with Crippen molar-refractivity contribution in [2.45, 2.75) is 52.2 Å². The van der Waals surface area contributed by atoms with Crippen LogP contribution in [0, 0.1) is 6.92 Å². The van der Waals surface area contributed by atoms with Crippen molar-refractivity contribution in [3.63, 3.8) is 0 Å². The number of amides is 1. The predicted molar refractivity (Wildman–Crippen MR) is 94.7 cm³/mol. The van der Waals surface area contributed by atoms with E-state index in [4.69, 9.17) is 4.52 Å². The van der Waals surface area contributed by atoms with Crippen molar-refractivity contribution in [3.05, 3.63) is 47.6 Å². The normalized spacial score (nSPS) is 19.1. The van der Waals surface area contributed by atoms with Crippen molar-refractivity contribution in [3.8, 4) is 0 Å². The molecule has 1 amide bonds. The number of hydrogen-bond donors (Lipinski definition) is 0. The molecule has 1 aromatic carbocycles. The molecule has 0 aliphatic carbocycles. The fourth-order valence-electron chi connectivity index (χ4n) is 3.74. The average molecular weight is 342 g/mol. The third-order valence-corrected chi connectivity index (χ3v) is 4.93. The molecule has 0 N–H and O–H groups in total. The minimum atomic E-state index is 0.0575.